The number of rotatable bonds is 2. The molecule has 1 aliphatic carbocycles. The van der Waals surface area contributed by atoms with E-state index in [4.69, 9.17) is 0 Å². The second-order valence-electron chi connectivity index (χ2n) is 4.64. The molecule has 0 saturated heterocycles. The molecule has 0 fully saturated rings. The zero-order valence-corrected chi connectivity index (χ0v) is 12.6. The summed E-state index contributed by atoms with van der Waals surface area (Å²) in [7, 11) is -1.27. The van der Waals surface area contributed by atoms with Crippen LogP contribution >= 0.6 is 15.9 Å². The first-order valence-electron chi connectivity index (χ1n) is 6.22. The average molecular weight is 344 g/mol. The Labute approximate surface area is 122 Å². The molecule has 1 aliphatic heterocycles. The summed E-state index contributed by atoms with van der Waals surface area (Å²) in [4.78, 5) is 5.54. The Balaban J connectivity index is 2.04. The standard InChI is InChI=1S/C13H14BrNO3S/c14-10-6-2-3-7-11(10)15-13(18-16)9-5-1-4-8-12(9)19(15)17/h2-3,6-7,13,16H,1,4-5,8H2/t13-,19?/m1/s1. The van der Waals surface area contributed by atoms with Crippen LogP contribution in [0.1, 0.15) is 25.7 Å². The number of hydrogen-bond donors (Lipinski definition) is 1. The van der Waals surface area contributed by atoms with Crippen molar-refractivity contribution in [1.29, 1.82) is 0 Å². The highest BCUT2D eigenvalue weighted by Crippen LogP contribution is 2.43. The Hall–Kier alpha value is -0.690. The largest absolute Gasteiger partial charge is 0.252 e. The molecule has 2 atom stereocenters. The van der Waals surface area contributed by atoms with Crippen molar-refractivity contribution in [2.45, 2.75) is 31.9 Å². The third-order valence-electron chi connectivity index (χ3n) is 3.55. The van der Waals surface area contributed by atoms with Gasteiger partial charge in [-0.15, -0.1) is 0 Å². The summed E-state index contributed by atoms with van der Waals surface area (Å²) in [5, 5.41) is 9.22. The number of allylic oxidation sites excluding steroid dienone is 1. The summed E-state index contributed by atoms with van der Waals surface area (Å²) in [5.74, 6) is 0. The van der Waals surface area contributed by atoms with Crippen molar-refractivity contribution in [3.63, 3.8) is 0 Å². The third-order valence-corrected chi connectivity index (χ3v) is 5.85. The second kappa shape index (κ2) is 5.36. The summed E-state index contributed by atoms with van der Waals surface area (Å²) in [5.41, 5.74) is 1.75. The highest BCUT2D eigenvalue weighted by atomic mass is 79.9. The molecule has 1 N–H and O–H groups in total. The second-order valence-corrected chi connectivity index (χ2v) is 6.88. The molecule has 0 radical (unpaired) electrons. The van der Waals surface area contributed by atoms with Crippen LogP contribution in [0, 0.1) is 0 Å². The van der Waals surface area contributed by atoms with Gasteiger partial charge in [0, 0.05) is 9.38 Å². The van der Waals surface area contributed by atoms with Gasteiger partial charge in [-0.2, -0.15) is 0 Å². The van der Waals surface area contributed by atoms with Crippen molar-refractivity contribution < 1.29 is 14.4 Å². The lowest BCUT2D eigenvalue weighted by Gasteiger charge is -2.25. The molecule has 0 spiro atoms. The Morgan fingerprint density at radius 1 is 1.32 bits per heavy atom. The van der Waals surface area contributed by atoms with Crippen molar-refractivity contribution in [3.05, 3.63) is 39.2 Å². The topological polar surface area (TPSA) is 49.8 Å². The van der Waals surface area contributed by atoms with Gasteiger partial charge < -0.3 is 0 Å². The van der Waals surface area contributed by atoms with E-state index in [9.17, 15) is 9.47 Å². The van der Waals surface area contributed by atoms with E-state index in [-0.39, 0.29) is 0 Å². The first-order chi connectivity index (χ1) is 9.24. The minimum atomic E-state index is -1.27. The van der Waals surface area contributed by atoms with Gasteiger partial charge in [0.1, 0.15) is 0 Å². The average Bonchev–Trinajstić information content (AvgIpc) is 2.73. The van der Waals surface area contributed by atoms with Gasteiger partial charge in [0.15, 0.2) is 17.2 Å². The smallest absolute Gasteiger partial charge is 0.199 e. The number of anilines is 1. The van der Waals surface area contributed by atoms with E-state index in [1.54, 1.807) is 4.31 Å². The molecule has 0 amide bonds. The molecule has 1 unspecified atom stereocenters. The van der Waals surface area contributed by atoms with Crippen molar-refractivity contribution in [1.82, 2.24) is 0 Å². The molecule has 1 aromatic carbocycles. The molecular formula is C13H14BrNO3S. The van der Waals surface area contributed by atoms with Crippen LogP contribution < -0.4 is 4.31 Å². The normalized spacial score (nSPS) is 26.7. The van der Waals surface area contributed by atoms with E-state index in [1.165, 1.54) is 0 Å². The molecule has 3 rings (SSSR count). The van der Waals surface area contributed by atoms with Crippen LogP contribution in [0.25, 0.3) is 0 Å². The van der Waals surface area contributed by atoms with E-state index in [0.29, 0.717) is 0 Å². The number of benzene rings is 1. The maximum Gasteiger partial charge on any atom is 0.199 e. The monoisotopic (exact) mass is 343 g/mol. The van der Waals surface area contributed by atoms with Crippen molar-refractivity contribution in [2.24, 2.45) is 0 Å². The first kappa shape index (κ1) is 13.3. The Kier molecular flexibility index (Phi) is 3.75. The fraction of sp³-hybridized carbons (Fsp3) is 0.385. The number of nitrogens with zero attached hydrogens (tertiary/aromatic N) is 1. The zero-order valence-electron chi connectivity index (χ0n) is 10.2. The van der Waals surface area contributed by atoms with Crippen LogP contribution in [0.3, 0.4) is 0 Å². The van der Waals surface area contributed by atoms with Gasteiger partial charge in [0.25, 0.3) is 0 Å². The predicted molar refractivity (Wildman–Crippen MR) is 77.8 cm³/mol. The van der Waals surface area contributed by atoms with E-state index >= 15 is 0 Å². The first-order valence-corrected chi connectivity index (χ1v) is 8.12. The minimum absolute atomic E-state index is 0.630. The summed E-state index contributed by atoms with van der Waals surface area (Å²) < 4.78 is 15.1. The quantitative estimate of drug-likeness (QED) is 0.659. The van der Waals surface area contributed by atoms with Crippen molar-refractivity contribution in [2.75, 3.05) is 4.31 Å². The zero-order chi connectivity index (χ0) is 13.4. The Morgan fingerprint density at radius 3 is 2.79 bits per heavy atom. The van der Waals surface area contributed by atoms with E-state index in [1.807, 2.05) is 24.3 Å². The fourth-order valence-electron chi connectivity index (χ4n) is 2.66. The molecule has 102 valence electrons. The lowest BCUT2D eigenvalue weighted by atomic mass is 9.98. The van der Waals surface area contributed by atoms with E-state index < -0.39 is 17.2 Å². The molecule has 1 aromatic rings. The maximum atomic E-state index is 12.6. The number of hydrogen-bond acceptors (Lipinski definition) is 3. The van der Waals surface area contributed by atoms with Gasteiger partial charge in [-0.25, -0.2) is 14.4 Å². The van der Waals surface area contributed by atoms with Gasteiger partial charge >= 0.3 is 0 Å². The van der Waals surface area contributed by atoms with Crippen LogP contribution in [0.5, 0.6) is 0 Å². The lowest BCUT2D eigenvalue weighted by molar-refractivity contribution is -0.265. The third kappa shape index (κ3) is 2.16. The fourth-order valence-corrected chi connectivity index (χ4v) is 4.92. The summed E-state index contributed by atoms with van der Waals surface area (Å²) >= 11 is 3.46. The van der Waals surface area contributed by atoms with Gasteiger partial charge in [-0.3, -0.25) is 4.31 Å². The van der Waals surface area contributed by atoms with Gasteiger partial charge in [0.2, 0.25) is 0 Å². The Bertz CT molecular complexity index is 561. The number of halogens is 1. The molecule has 0 aromatic heterocycles. The molecule has 0 bridgehead atoms. The van der Waals surface area contributed by atoms with Gasteiger partial charge in [-0.05, 0) is 59.3 Å². The molecule has 4 nitrogen and oxygen atoms in total. The molecule has 0 saturated carbocycles. The Morgan fingerprint density at radius 2 is 2.05 bits per heavy atom. The molecule has 2 aliphatic rings. The molecule has 19 heavy (non-hydrogen) atoms. The van der Waals surface area contributed by atoms with Crippen LogP contribution in [-0.2, 0) is 15.9 Å². The predicted octanol–water partition coefficient (Wildman–Crippen LogP) is 3.58. The molecule has 6 heteroatoms. The molecular weight excluding hydrogens is 330 g/mol. The highest BCUT2D eigenvalue weighted by molar-refractivity contribution is 9.10. The van der Waals surface area contributed by atoms with Crippen LogP contribution in [0.15, 0.2) is 39.2 Å². The van der Waals surface area contributed by atoms with E-state index in [2.05, 4.69) is 20.8 Å². The molecule has 1 heterocycles. The van der Waals surface area contributed by atoms with Crippen LogP contribution in [0.4, 0.5) is 5.69 Å². The minimum Gasteiger partial charge on any atom is -0.252 e. The van der Waals surface area contributed by atoms with E-state index in [0.717, 1.165) is 46.3 Å². The van der Waals surface area contributed by atoms with Crippen molar-refractivity contribution in [3.8, 4) is 0 Å². The van der Waals surface area contributed by atoms with Gasteiger partial charge in [-0.1, -0.05) is 12.1 Å². The highest BCUT2D eigenvalue weighted by Gasteiger charge is 2.41. The van der Waals surface area contributed by atoms with Crippen LogP contribution in [0.2, 0.25) is 0 Å². The SMILES string of the molecule is O=S1C2=C(CCCC2)[C@@H](OO)N1c1ccccc1Br. The summed E-state index contributed by atoms with van der Waals surface area (Å²) in [6.45, 7) is 0. The summed E-state index contributed by atoms with van der Waals surface area (Å²) in [6.07, 6.45) is 3.14. The van der Waals surface area contributed by atoms with Crippen LogP contribution in [-0.4, -0.2) is 15.7 Å². The van der Waals surface area contributed by atoms with Gasteiger partial charge in [0.05, 0.1) is 5.69 Å². The lowest BCUT2D eigenvalue weighted by Crippen LogP contribution is -2.34. The summed E-state index contributed by atoms with van der Waals surface area (Å²) in [6, 6.07) is 7.53. The number of para-hydroxylation sites is 1. The van der Waals surface area contributed by atoms with Crippen molar-refractivity contribution >= 4 is 32.6 Å². The maximum absolute atomic E-state index is 12.6.